The fraction of sp³-hybridized carbons (Fsp3) is 0.533. The van der Waals surface area contributed by atoms with Crippen LogP contribution in [0.1, 0.15) is 48.5 Å². The van der Waals surface area contributed by atoms with Crippen LogP contribution in [0, 0.1) is 0 Å². The molecule has 0 unspecified atom stereocenters. The van der Waals surface area contributed by atoms with Crippen molar-refractivity contribution in [3.8, 4) is 0 Å². The fourth-order valence-electron chi connectivity index (χ4n) is 2.04. The Morgan fingerprint density at radius 1 is 1.35 bits per heavy atom. The van der Waals surface area contributed by atoms with Crippen LogP contribution in [0.4, 0.5) is 0 Å². The third-order valence-corrected chi connectivity index (χ3v) is 5.46. The van der Waals surface area contributed by atoms with Crippen LogP contribution in [0.2, 0.25) is 0 Å². The molecule has 0 fully saturated rings. The van der Waals surface area contributed by atoms with Crippen LogP contribution < -0.4 is 0 Å². The van der Waals surface area contributed by atoms with Gasteiger partial charge in [0.15, 0.2) is 0 Å². The SMILES string of the molecule is CCO[C@@H](C)c1nc(CN(C)[C@@H](C)c2cccs2)cs1. The molecule has 0 radical (unpaired) electrons. The summed E-state index contributed by atoms with van der Waals surface area (Å²) >= 11 is 3.50. The second-order valence-corrected chi connectivity index (χ2v) is 6.75. The molecular formula is C15H22N2OS2. The molecule has 2 heterocycles. The first-order valence-corrected chi connectivity index (χ1v) is 8.67. The summed E-state index contributed by atoms with van der Waals surface area (Å²) in [5.74, 6) is 0. The lowest BCUT2D eigenvalue weighted by atomic mass is 10.2. The molecule has 0 saturated carbocycles. The van der Waals surface area contributed by atoms with Crippen LogP contribution in [-0.2, 0) is 11.3 Å². The summed E-state index contributed by atoms with van der Waals surface area (Å²) < 4.78 is 5.59. The van der Waals surface area contributed by atoms with Crippen LogP contribution in [0.3, 0.4) is 0 Å². The largest absolute Gasteiger partial charge is 0.372 e. The molecule has 0 saturated heterocycles. The number of hydrogen-bond acceptors (Lipinski definition) is 5. The highest BCUT2D eigenvalue weighted by Gasteiger charge is 2.15. The molecule has 0 aliphatic heterocycles. The summed E-state index contributed by atoms with van der Waals surface area (Å²) in [6, 6.07) is 4.72. The number of aromatic nitrogens is 1. The average Bonchev–Trinajstić information content (AvgIpc) is 3.09. The van der Waals surface area contributed by atoms with Crippen LogP contribution in [0.5, 0.6) is 0 Å². The van der Waals surface area contributed by atoms with Crippen molar-refractivity contribution in [1.29, 1.82) is 0 Å². The van der Waals surface area contributed by atoms with Crippen molar-refractivity contribution in [3.63, 3.8) is 0 Å². The van der Waals surface area contributed by atoms with Crippen LogP contribution >= 0.6 is 22.7 Å². The first kappa shape index (κ1) is 15.6. The normalized spacial score (nSPS) is 14.7. The minimum absolute atomic E-state index is 0.0961. The number of rotatable bonds is 7. The Morgan fingerprint density at radius 3 is 2.80 bits per heavy atom. The zero-order valence-electron chi connectivity index (χ0n) is 12.5. The summed E-state index contributed by atoms with van der Waals surface area (Å²) in [7, 11) is 2.15. The van der Waals surface area contributed by atoms with Crippen LogP contribution in [0.25, 0.3) is 0 Å². The first-order chi connectivity index (χ1) is 9.61. The molecule has 5 heteroatoms. The van der Waals surface area contributed by atoms with E-state index in [1.807, 2.05) is 18.3 Å². The Balaban J connectivity index is 1.96. The van der Waals surface area contributed by atoms with Crippen molar-refractivity contribution in [1.82, 2.24) is 9.88 Å². The van der Waals surface area contributed by atoms with Crippen LogP contribution in [-0.4, -0.2) is 23.5 Å². The van der Waals surface area contributed by atoms with E-state index in [9.17, 15) is 0 Å². The fourth-order valence-corrected chi connectivity index (χ4v) is 3.70. The number of thiazole rings is 1. The van der Waals surface area contributed by atoms with Crippen molar-refractivity contribution in [3.05, 3.63) is 38.5 Å². The average molecular weight is 310 g/mol. The second kappa shape index (κ2) is 7.31. The lowest BCUT2D eigenvalue weighted by Gasteiger charge is -2.22. The maximum Gasteiger partial charge on any atom is 0.122 e. The minimum Gasteiger partial charge on any atom is -0.372 e. The zero-order chi connectivity index (χ0) is 14.5. The summed E-state index contributed by atoms with van der Waals surface area (Å²) in [5.41, 5.74) is 1.13. The van der Waals surface area contributed by atoms with Gasteiger partial charge in [0, 0.05) is 29.5 Å². The molecule has 0 N–H and O–H groups in total. The van der Waals surface area contributed by atoms with Gasteiger partial charge in [0.2, 0.25) is 0 Å². The Morgan fingerprint density at radius 2 is 2.15 bits per heavy atom. The molecule has 0 aliphatic carbocycles. The van der Waals surface area contributed by atoms with Gasteiger partial charge in [0.1, 0.15) is 11.1 Å². The summed E-state index contributed by atoms with van der Waals surface area (Å²) in [6.07, 6.45) is 0.0961. The second-order valence-electron chi connectivity index (χ2n) is 4.88. The number of nitrogens with zero attached hydrogens (tertiary/aromatic N) is 2. The van der Waals surface area contributed by atoms with Crippen LogP contribution in [0.15, 0.2) is 22.9 Å². The third-order valence-electron chi connectivity index (χ3n) is 3.36. The molecule has 2 rings (SSSR count). The Labute approximate surface area is 129 Å². The van der Waals surface area contributed by atoms with Gasteiger partial charge in [-0.15, -0.1) is 22.7 Å². The highest BCUT2D eigenvalue weighted by molar-refractivity contribution is 7.10. The van der Waals surface area contributed by atoms with Gasteiger partial charge in [-0.25, -0.2) is 4.98 Å². The van der Waals surface area contributed by atoms with Gasteiger partial charge in [-0.05, 0) is 39.3 Å². The van der Waals surface area contributed by atoms with E-state index < -0.39 is 0 Å². The molecular weight excluding hydrogens is 288 g/mol. The van der Waals surface area contributed by atoms with E-state index in [2.05, 4.69) is 53.7 Å². The topological polar surface area (TPSA) is 25.4 Å². The molecule has 3 nitrogen and oxygen atoms in total. The van der Waals surface area contributed by atoms with Gasteiger partial charge in [0.05, 0.1) is 5.69 Å². The van der Waals surface area contributed by atoms with Gasteiger partial charge in [0.25, 0.3) is 0 Å². The molecule has 0 aliphatic rings. The number of hydrogen-bond donors (Lipinski definition) is 0. The molecule has 110 valence electrons. The van der Waals surface area contributed by atoms with E-state index in [4.69, 9.17) is 4.74 Å². The lowest BCUT2D eigenvalue weighted by Crippen LogP contribution is -2.21. The van der Waals surface area contributed by atoms with E-state index >= 15 is 0 Å². The number of thiophene rings is 1. The van der Waals surface area contributed by atoms with E-state index in [-0.39, 0.29) is 6.10 Å². The zero-order valence-corrected chi connectivity index (χ0v) is 14.1. The van der Waals surface area contributed by atoms with E-state index in [1.54, 1.807) is 11.3 Å². The van der Waals surface area contributed by atoms with E-state index in [1.165, 1.54) is 4.88 Å². The standard InChI is InChI=1S/C15H22N2OS2/c1-5-18-12(3)15-16-13(10-20-15)9-17(4)11(2)14-7-6-8-19-14/h6-8,10-12H,5,9H2,1-4H3/t11-,12-/m0/s1. The van der Waals surface area contributed by atoms with Gasteiger partial charge >= 0.3 is 0 Å². The van der Waals surface area contributed by atoms with Crippen molar-refractivity contribution in [2.45, 2.75) is 39.5 Å². The lowest BCUT2D eigenvalue weighted by molar-refractivity contribution is 0.0760. The van der Waals surface area contributed by atoms with Crippen molar-refractivity contribution in [2.75, 3.05) is 13.7 Å². The predicted octanol–water partition coefficient (Wildman–Crippen LogP) is 4.50. The van der Waals surface area contributed by atoms with Crippen molar-refractivity contribution in [2.24, 2.45) is 0 Å². The molecule has 2 aromatic rings. The molecule has 20 heavy (non-hydrogen) atoms. The van der Waals surface area contributed by atoms with Gasteiger partial charge in [-0.3, -0.25) is 4.90 Å². The Kier molecular flexibility index (Phi) is 5.72. The molecule has 2 atom stereocenters. The highest BCUT2D eigenvalue weighted by atomic mass is 32.1. The Hall–Kier alpha value is -0.750. The maximum absolute atomic E-state index is 5.59. The van der Waals surface area contributed by atoms with Gasteiger partial charge < -0.3 is 4.74 Å². The first-order valence-electron chi connectivity index (χ1n) is 6.91. The monoisotopic (exact) mass is 310 g/mol. The van der Waals surface area contributed by atoms with Gasteiger partial charge in [-0.1, -0.05) is 6.07 Å². The van der Waals surface area contributed by atoms with Crippen molar-refractivity contribution >= 4 is 22.7 Å². The molecule has 0 bridgehead atoms. The third kappa shape index (κ3) is 3.88. The summed E-state index contributed by atoms with van der Waals surface area (Å²) in [6.45, 7) is 7.91. The van der Waals surface area contributed by atoms with Crippen molar-refractivity contribution < 1.29 is 4.74 Å². The maximum atomic E-state index is 5.59. The molecule has 0 spiro atoms. The smallest absolute Gasteiger partial charge is 0.122 e. The summed E-state index contributed by atoms with van der Waals surface area (Å²) in [4.78, 5) is 8.41. The number of ether oxygens (including phenoxy) is 1. The van der Waals surface area contributed by atoms with E-state index in [0.717, 1.165) is 23.9 Å². The minimum atomic E-state index is 0.0961. The molecule has 2 aromatic heterocycles. The predicted molar refractivity (Wildman–Crippen MR) is 86.4 cm³/mol. The van der Waals surface area contributed by atoms with Gasteiger partial charge in [-0.2, -0.15) is 0 Å². The quantitative estimate of drug-likeness (QED) is 0.753. The summed E-state index contributed by atoms with van der Waals surface area (Å²) in [5, 5.41) is 5.34. The Bertz CT molecular complexity index is 510. The molecule has 0 amide bonds. The molecule has 0 aromatic carbocycles. The van der Waals surface area contributed by atoms with E-state index in [0.29, 0.717) is 6.04 Å². The highest BCUT2D eigenvalue weighted by Crippen LogP contribution is 2.26.